The van der Waals surface area contributed by atoms with Crippen LogP contribution in [0.15, 0.2) is 22.7 Å². The van der Waals surface area contributed by atoms with Crippen LogP contribution in [-0.2, 0) is 4.79 Å². The van der Waals surface area contributed by atoms with Gasteiger partial charge < -0.3 is 24.1 Å². The van der Waals surface area contributed by atoms with Gasteiger partial charge in [0.2, 0.25) is 0 Å². The summed E-state index contributed by atoms with van der Waals surface area (Å²) in [6, 6.07) is 5.41. The summed E-state index contributed by atoms with van der Waals surface area (Å²) < 4.78 is 10.6. The van der Waals surface area contributed by atoms with Crippen LogP contribution in [0, 0.1) is 0 Å². The van der Waals surface area contributed by atoms with Crippen molar-refractivity contribution in [2.45, 2.75) is 12.1 Å². The normalized spacial score (nSPS) is 20.7. The van der Waals surface area contributed by atoms with Crippen molar-refractivity contribution in [1.29, 1.82) is 0 Å². The first-order valence-corrected chi connectivity index (χ1v) is 7.86. The molecule has 9 nitrogen and oxygen atoms in total. The third-order valence-electron chi connectivity index (χ3n) is 4.64. The molecule has 1 aliphatic rings. The molecule has 25 heavy (non-hydrogen) atoms. The molecule has 1 aliphatic heterocycles. The van der Waals surface area contributed by atoms with Crippen LogP contribution in [0.5, 0.6) is 5.75 Å². The second-order valence-electron chi connectivity index (χ2n) is 5.88. The first kappa shape index (κ1) is 17.0. The van der Waals surface area contributed by atoms with Crippen LogP contribution in [0.25, 0.3) is 11.0 Å². The smallest absolute Gasteiger partial charge is 0.408 e. The quantitative estimate of drug-likeness (QED) is 0.775. The topological polar surface area (TPSA) is 108 Å². The van der Waals surface area contributed by atoms with E-state index in [1.807, 2.05) is 17.0 Å². The molecule has 1 amide bonds. The fraction of sp³-hybridized carbons (Fsp3) is 0.438. The van der Waals surface area contributed by atoms with E-state index in [0.717, 1.165) is 11.7 Å². The molecule has 0 bridgehead atoms. The minimum absolute atomic E-state index is 0.0376. The lowest BCUT2D eigenvalue weighted by Gasteiger charge is -2.48. The van der Waals surface area contributed by atoms with E-state index >= 15 is 0 Å². The molecule has 1 aromatic carbocycles. The molecule has 2 heterocycles. The number of methoxy groups -OCH3 is 1. The molecule has 2 N–H and O–H groups in total. The SMILES string of the molecule is CNC1(CC=O)CN(c2noc3cc(OC)ccc23)CCN1C(=O)O. The number of aromatic nitrogens is 1. The van der Waals surface area contributed by atoms with Crippen molar-refractivity contribution >= 4 is 29.2 Å². The number of nitrogens with one attached hydrogen (secondary N) is 1. The van der Waals surface area contributed by atoms with Gasteiger partial charge in [0, 0.05) is 25.6 Å². The van der Waals surface area contributed by atoms with Gasteiger partial charge in [-0.1, -0.05) is 5.16 Å². The number of amides is 1. The number of rotatable bonds is 5. The van der Waals surface area contributed by atoms with Gasteiger partial charge >= 0.3 is 6.09 Å². The maximum Gasteiger partial charge on any atom is 0.408 e. The minimum atomic E-state index is -1.06. The van der Waals surface area contributed by atoms with Gasteiger partial charge in [-0.2, -0.15) is 0 Å². The highest BCUT2D eigenvalue weighted by atomic mass is 16.5. The van der Waals surface area contributed by atoms with Crippen molar-refractivity contribution in [3.63, 3.8) is 0 Å². The Kier molecular flexibility index (Phi) is 4.49. The summed E-state index contributed by atoms with van der Waals surface area (Å²) in [4.78, 5) is 25.9. The van der Waals surface area contributed by atoms with E-state index in [-0.39, 0.29) is 19.5 Å². The molecule has 3 rings (SSSR count). The maximum absolute atomic E-state index is 11.6. The highest BCUT2D eigenvalue weighted by Gasteiger charge is 2.44. The molecule has 0 aliphatic carbocycles. The van der Waals surface area contributed by atoms with Crippen LogP contribution in [0.4, 0.5) is 10.6 Å². The van der Waals surface area contributed by atoms with Crippen LogP contribution < -0.4 is 15.0 Å². The second-order valence-corrected chi connectivity index (χ2v) is 5.88. The Bertz CT molecular complexity index is 792. The van der Waals surface area contributed by atoms with E-state index in [1.54, 1.807) is 20.2 Å². The molecule has 134 valence electrons. The van der Waals surface area contributed by atoms with Crippen molar-refractivity contribution in [3.8, 4) is 5.75 Å². The lowest BCUT2D eigenvalue weighted by molar-refractivity contribution is -0.110. The van der Waals surface area contributed by atoms with E-state index in [0.29, 0.717) is 23.7 Å². The number of piperazine rings is 1. The van der Waals surface area contributed by atoms with Crippen molar-refractivity contribution in [2.75, 3.05) is 38.7 Å². The number of likely N-dealkylation sites (N-methyl/N-ethyl adjacent to an activating group) is 1. The summed E-state index contributed by atoms with van der Waals surface area (Å²) in [6.45, 7) is 0.971. The van der Waals surface area contributed by atoms with Gasteiger partial charge in [0.25, 0.3) is 0 Å². The Morgan fingerprint density at radius 1 is 1.52 bits per heavy atom. The highest BCUT2D eigenvalue weighted by Crippen LogP contribution is 2.32. The third-order valence-corrected chi connectivity index (χ3v) is 4.64. The molecular weight excluding hydrogens is 328 g/mol. The number of hydrogen-bond donors (Lipinski definition) is 2. The first-order chi connectivity index (χ1) is 12.0. The maximum atomic E-state index is 11.6. The second kappa shape index (κ2) is 6.60. The number of ether oxygens (including phenoxy) is 1. The molecule has 2 aromatic rings. The van der Waals surface area contributed by atoms with Gasteiger partial charge in [-0.05, 0) is 19.2 Å². The molecule has 1 fully saturated rings. The van der Waals surface area contributed by atoms with Crippen LogP contribution in [-0.4, -0.2) is 67.0 Å². The van der Waals surface area contributed by atoms with Gasteiger partial charge in [-0.25, -0.2) is 4.79 Å². The van der Waals surface area contributed by atoms with E-state index in [9.17, 15) is 14.7 Å². The molecule has 1 atom stereocenters. The summed E-state index contributed by atoms with van der Waals surface area (Å²) in [5.41, 5.74) is -0.427. The molecule has 9 heteroatoms. The largest absolute Gasteiger partial charge is 0.497 e. The lowest BCUT2D eigenvalue weighted by Crippen LogP contribution is -2.70. The summed E-state index contributed by atoms with van der Waals surface area (Å²) in [5.74, 6) is 1.28. The first-order valence-electron chi connectivity index (χ1n) is 7.86. The van der Waals surface area contributed by atoms with Crippen LogP contribution in [0.3, 0.4) is 0 Å². The summed E-state index contributed by atoms with van der Waals surface area (Å²) in [7, 11) is 3.22. The van der Waals surface area contributed by atoms with Crippen LogP contribution in [0.1, 0.15) is 6.42 Å². The molecule has 1 saturated heterocycles. The molecule has 0 radical (unpaired) electrons. The minimum Gasteiger partial charge on any atom is -0.497 e. The molecule has 0 spiro atoms. The van der Waals surface area contributed by atoms with Crippen molar-refractivity contribution < 1.29 is 24.0 Å². The van der Waals surface area contributed by atoms with Gasteiger partial charge in [0.05, 0.1) is 19.0 Å². The van der Waals surface area contributed by atoms with Crippen molar-refractivity contribution in [1.82, 2.24) is 15.4 Å². The van der Waals surface area contributed by atoms with Crippen molar-refractivity contribution in [2.24, 2.45) is 0 Å². The number of carbonyl (C=O) groups excluding carboxylic acids is 1. The van der Waals surface area contributed by atoms with Crippen molar-refractivity contribution in [3.05, 3.63) is 18.2 Å². The monoisotopic (exact) mass is 348 g/mol. The van der Waals surface area contributed by atoms with Gasteiger partial charge in [0.1, 0.15) is 17.7 Å². The summed E-state index contributed by atoms with van der Waals surface area (Å²) in [6.07, 6.45) is -0.303. The number of anilines is 1. The zero-order valence-electron chi connectivity index (χ0n) is 14.1. The average molecular weight is 348 g/mol. The third kappa shape index (κ3) is 2.86. The molecule has 1 unspecified atom stereocenters. The number of aldehydes is 1. The standard InChI is InChI=1S/C16H20N4O5/c1-17-16(5-8-21)10-19(6-7-20(16)15(22)23)14-12-4-3-11(24-2)9-13(12)25-18-14/h3-4,8-9,17H,5-7,10H2,1-2H3,(H,22,23). The Hall–Kier alpha value is -2.81. The number of carboxylic acid groups (broad SMARTS) is 1. The van der Waals surface area contributed by atoms with Crippen LogP contribution >= 0.6 is 0 Å². The Balaban J connectivity index is 1.96. The molecule has 1 aromatic heterocycles. The highest BCUT2D eigenvalue weighted by molar-refractivity contribution is 5.89. The number of fused-ring (bicyclic) bond motifs is 1. The fourth-order valence-electron chi connectivity index (χ4n) is 3.26. The van der Waals surface area contributed by atoms with E-state index in [1.165, 1.54) is 4.90 Å². The number of benzene rings is 1. The van der Waals surface area contributed by atoms with Gasteiger partial charge in [-0.3, -0.25) is 10.2 Å². The fourth-order valence-corrected chi connectivity index (χ4v) is 3.26. The molecule has 0 saturated carbocycles. The Labute approximate surface area is 144 Å². The van der Waals surface area contributed by atoms with Gasteiger partial charge in [-0.15, -0.1) is 0 Å². The predicted octanol–water partition coefficient (Wildman–Crippen LogP) is 1.14. The lowest BCUT2D eigenvalue weighted by atomic mass is 10.0. The van der Waals surface area contributed by atoms with E-state index < -0.39 is 11.8 Å². The van der Waals surface area contributed by atoms with E-state index in [4.69, 9.17) is 9.26 Å². The molecular formula is C16H20N4O5. The number of nitrogens with zero attached hydrogens (tertiary/aromatic N) is 3. The van der Waals surface area contributed by atoms with E-state index in [2.05, 4.69) is 10.5 Å². The summed E-state index contributed by atoms with van der Waals surface area (Å²) in [5, 5.41) is 17.4. The number of carbonyl (C=O) groups is 2. The van der Waals surface area contributed by atoms with Crippen LogP contribution in [0.2, 0.25) is 0 Å². The summed E-state index contributed by atoms with van der Waals surface area (Å²) >= 11 is 0. The Morgan fingerprint density at radius 2 is 2.32 bits per heavy atom. The predicted molar refractivity (Wildman–Crippen MR) is 90.0 cm³/mol. The number of hydrogen-bond acceptors (Lipinski definition) is 7. The van der Waals surface area contributed by atoms with Gasteiger partial charge in [0.15, 0.2) is 11.4 Å². The zero-order valence-corrected chi connectivity index (χ0v) is 14.1. The Morgan fingerprint density at radius 3 is 2.96 bits per heavy atom. The average Bonchev–Trinajstić information content (AvgIpc) is 3.04. The zero-order chi connectivity index (χ0) is 18.0.